The van der Waals surface area contributed by atoms with Crippen molar-refractivity contribution < 1.29 is 18.1 Å². The van der Waals surface area contributed by atoms with E-state index in [4.69, 9.17) is 11.6 Å². The van der Waals surface area contributed by atoms with Crippen molar-refractivity contribution in [3.05, 3.63) is 59.6 Å². The fraction of sp³-hybridized carbons (Fsp3) is 0. The summed E-state index contributed by atoms with van der Waals surface area (Å²) in [4.78, 5) is -0.460. The van der Waals surface area contributed by atoms with Gasteiger partial charge in [-0.1, -0.05) is 48.0 Å². The summed E-state index contributed by atoms with van der Waals surface area (Å²) in [5.41, 5.74) is -0.0247. The molecule has 0 fully saturated rings. The molecule has 0 saturated heterocycles. The SMILES string of the molecule is O=S(=O)(O)c1cccc(Cl)c1N=Nc1c(O)ccc2ccccc12. The lowest BCUT2D eigenvalue weighted by Crippen LogP contribution is -1.98. The first-order chi connectivity index (χ1) is 11.4. The molecular weight excluding hydrogens is 352 g/mol. The van der Waals surface area contributed by atoms with Crippen molar-refractivity contribution in [1.29, 1.82) is 0 Å². The lowest BCUT2D eigenvalue weighted by molar-refractivity contribution is 0.477. The van der Waals surface area contributed by atoms with Crippen molar-refractivity contribution >= 4 is 43.9 Å². The first kappa shape index (κ1) is 16.4. The Labute approximate surface area is 142 Å². The van der Waals surface area contributed by atoms with Gasteiger partial charge in [0.1, 0.15) is 22.0 Å². The maximum atomic E-state index is 11.4. The molecular formula is C16H11ClN2O4S. The van der Waals surface area contributed by atoms with Gasteiger partial charge in [0, 0.05) is 5.39 Å². The van der Waals surface area contributed by atoms with Crippen LogP contribution in [0.2, 0.25) is 5.02 Å². The molecule has 3 aromatic carbocycles. The predicted octanol–water partition coefficient (Wildman–Crippen LogP) is 4.86. The zero-order valence-corrected chi connectivity index (χ0v) is 13.7. The van der Waals surface area contributed by atoms with Crippen LogP contribution in [-0.4, -0.2) is 18.1 Å². The van der Waals surface area contributed by atoms with E-state index in [0.29, 0.717) is 5.39 Å². The van der Waals surface area contributed by atoms with Gasteiger partial charge in [0.05, 0.1) is 5.02 Å². The van der Waals surface area contributed by atoms with Crippen molar-refractivity contribution in [3.63, 3.8) is 0 Å². The van der Waals surface area contributed by atoms with Crippen molar-refractivity contribution in [2.75, 3.05) is 0 Å². The van der Waals surface area contributed by atoms with Crippen LogP contribution in [0.25, 0.3) is 10.8 Å². The molecule has 0 atom stereocenters. The molecule has 6 nitrogen and oxygen atoms in total. The Bertz CT molecular complexity index is 1060. The maximum Gasteiger partial charge on any atom is 0.296 e. The van der Waals surface area contributed by atoms with Gasteiger partial charge >= 0.3 is 0 Å². The average Bonchev–Trinajstić information content (AvgIpc) is 2.54. The molecule has 0 aliphatic heterocycles. The molecule has 0 amide bonds. The van der Waals surface area contributed by atoms with Crippen molar-refractivity contribution in [2.24, 2.45) is 10.2 Å². The molecule has 0 aromatic heterocycles. The Balaban J connectivity index is 2.19. The maximum absolute atomic E-state index is 11.4. The lowest BCUT2D eigenvalue weighted by Gasteiger charge is -2.05. The third-order valence-corrected chi connectivity index (χ3v) is 4.55. The van der Waals surface area contributed by atoms with Crippen LogP contribution in [0.15, 0.2) is 69.7 Å². The van der Waals surface area contributed by atoms with E-state index in [9.17, 15) is 18.1 Å². The zero-order chi connectivity index (χ0) is 17.3. The number of halogens is 1. The molecule has 0 spiro atoms. The van der Waals surface area contributed by atoms with Gasteiger partial charge in [0.25, 0.3) is 10.1 Å². The van der Waals surface area contributed by atoms with E-state index in [-0.39, 0.29) is 22.1 Å². The lowest BCUT2D eigenvalue weighted by atomic mass is 10.1. The largest absolute Gasteiger partial charge is 0.506 e. The quantitative estimate of drug-likeness (QED) is 0.513. The minimum atomic E-state index is -4.51. The van der Waals surface area contributed by atoms with E-state index in [1.807, 2.05) is 12.1 Å². The second kappa shape index (κ2) is 6.20. The van der Waals surface area contributed by atoms with E-state index in [1.54, 1.807) is 18.2 Å². The summed E-state index contributed by atoms with van der Waals surface area (Å²) in [6.07, 6.45) is 0. The van der Waals surface area contributed by atoms with Gasteiger partial charge in [0.15, 0.2) is 0 Å². The minimum Gasteiger partial charge on any atom is -0.506 e. The highest BCUT2D eigenvalue weighted by molar-refractivity contribution is 7.86. The van der Waals surface area contributed by atoms with E-state index < -0.39 is 15.0 Å². The van der Waals surface area contributed by atoms with Crippen LogP contribution in [0.5, 0.6) is 5.75 Å². The van der Waals surface area contributed by atoms with E-state index in [1.165, 1.54) is 24.3 Å². The van der Waals surface area contributed by atoms with Crippen LogP contribution in [-0.2, 0) is 10.1 Å². The molecule has 2 N–H and O–H groups in total. The standard InChI is InChI=1S/C16H11ClN2O4S/c17-12-6-3-7-14(24(21,22)23)16(12)19-18-15-11-5-2-1-4-10(11)8-9-13(15)20/h1-9,20H,(H,21,22,23). The number of fused-ring (bicyclic) bond motifs is 1. The molecule has 0 saturated carbocycles. The molecule has 8 heteroatoms. The number of phenolic OH excluding ortho intramolecular Hbond substituents is 1. The molecule has 0 radical (unpaired) electrons. The van der Waals surface area contributed by atoms with Gasteiger partial charge in [-0.2, -0.15) is 8.42 Å². The number of benzene rings is 3. The fourth-order valence-corrected chi connectivity index (χ4v) is 3.16. The topological polar surface area (TPSA) is 99.3 Å². The van der Waals surface area contributed by atoms with Gasteiger partial charge in [-0.15, -0.1) is 10.2 Å². The molecule has 0 unspecified atom stereocenters. The Hall–Kier alpha value is -2.48. The van der Waals surface area contributed by atoms with Crippen LogP contribution < -0.4 is 0 Å². The number of nitrogens with zero attached hydrogens (tertiary/aromatic N) is 2. The molecule has 122 valence electrons. The second-order valence-electron chi connectivity index (χ2n) is 4.92. The summed E-state index contributed by atoms with van der Waals surface area (Å²) < 4.78 is 32.2. The van der Waals surface area contributed by atoms with Gasteiger partial charge in [-0.05, 0) is 23.6 Å². The van der Waals surface area contributed by atoms with Crippen molar-refractivity contribution in [1.82, 2.24) is 0 Å². The molecule has 0 heterocycles. The van der Waals surface area contributed by atoms with Gasteiger partial charge in [-0.25, -0.2) is 0 Å². The van der Waals surface area contributed by atoms with Gasteiger partial charge in [-0.3, -0.25) is 4.55 Å². The Kier molecular flexibility index (Phi) is 4.23. The molecule has 3 aromatic rings. The number of aromatic hydroxyl groups is 1. The van der Waals surface area contributed by atoms with Crippen molar-refractivity contribution in [2.45, 2.75) is 4.90 Å². The summed E-state index contributed by atoms with van der Waals surface area (Å²) in [5, 5.41) is 19.3. The molecule has 0 bridgehead atoms. The third-order valence-electron chi connectivity index (χ3n) is 3.36. The van der Waals surface area contributed by atoms with Crippen molar-refractivity contribution in [3.8, 4) is 5.75 Å². The molecule has 0 aliphatic carbocycles. The van der Waals surface area contributed by atoms with E-state index >= 15 is 0 Å². The third kappa shape index (κ3) is 3.09. The number of phenols is 1. The highest BCUT2D eigenvalue weighted by Crippen LogP contribution is 2.38. The number of rotatable bonds is 3. The number of hydrogen-bond acceptors (Lipinski definition) is 5. The Morgan fingerprint density at radius 2 is 1.58 bits per heavy atom. The highest BCUT2D eigenvalue weighted by Gasteiger charge is 2.18. The summed E-state index contributed by atoms with van der Waals surface area (Å²) in [6.45, 7) is 0. The molecule has 24 heavy (non-hydrogen) atoms. The summed E-state index contributed by atoms with van der Waals surface area (Å²) in [6, 6.07) is 14.4. The normalized spacial score (nSPS) is 12.1. The van der Waals surface area contributed by atoms with Crippen LogP contribution >= 0.6 is 11.6 Å². The Morgan fingerprint density at radius 3 is 2.33 bits per heavy atom. The van der Waals surface area contributed by atoms with E-state index in [0.717, 1.165) is 5.39 Å². The smallest absolute Gasteiger partial charge is 0.296 e. The first-order valence-corrected chi connectivity index (χ1v) is 8.58. The number of azo groups is 1. The highest BCUT2D eigenvalue weighted by atomic mass is 35.5. The second-order valence-corrected chi connectivity index (χ2v) is 6.71. The van der Waals surface area contributed by atoms with Crippen LogP contribution in [0.3, 0.4) is 0 Å². The zero-order valence-electron chi connectivity index (χ0n) is 12.1. The summed E-state index contributed by atoms with van der Waals surface area (Å²) in [5.74, 6) is -0.113. The van der Waals surface area contributed by atoms with Crippen LogP contribution in [0.4, 0.5) is 11.4 Å². The number of hydrogen-bond donors (Lipinski definition) is 2. The summed E-state index contributed by atoms with van der Waals surface area (Å²) >= 11 is 5.97. The minimum absolute atomic E-state index is 0.00796. The monoisotopic (exact) mass is 362 g/mol. The van der Waals surface area contributed by atoms with Gasteiger partial charge < -0.3 is 5.11 Å². The van der Waals surface area contributed by atoms with Gasteiger partial charge in [0.2, 0.25) is 0 Å². The predicted molar refractivity (Wildman–Crippen MR) is 91.1 cm³/mol. The average molecular weight is 363 g/mol. The molecule has 3 rings (SSSR count). The van der Waals surface area contributed by atoms with E-state index in [2.05, 4.69) is 10.2 Å². The van der Waals surface area contributed by atoms with Crippen LogP contribution in [0, 0.1) is 0 Å². The Morgan fingerprint density at radius 1 is 0.875 bits per heavy atom. The first-order valence-electron chi connectivity index (χ1n) is 6.76. The molecule has 0 aliphatic rings. The fourth-order valence-electron chi connectivity index (χ4n) is 2.25. The van der Waals surface area contributed by atoms with Crippen LogP contribution in [0.1, 0.15) is 0 Å². The summed E-state index contributed by atoms with van der Waals surface area (Å²) in [7, 11) is -4.51.